The molecule has 0 aromatic heterocycles. The number of nitrogens with one attached hydrogen (secondary N) is 2. The normalized spacial score (nSPS) is 14.9. The Kier molecular flexibility index (Phi) is 16.5. The molecule has 0 radical (unpaired) electrons. The van der Waals surface area contributed by atoms with E-state index in [1.807, 2.05) is 95.4 Å². The largest absolute Gasteiger partial charge is 0.501 e. The van der Waals surface area contributed by atoms with Crippen molar-refractivity contribution in [1.82, 2.24) is 9.62 Å². The smallest absolute Gasteiger partial charge is 0.395 e. The maximum atomic E-state index is 14.1. The summed E-state index contributed by atoms with van der Waals surface area (Å²) in [4.78, 5) is 16.0. The van der Waals surface area contributed by atoms with Gasteiger partial charge in [-0.2, -0.15) is 13.2 Å². The van der Waals surface area contributed by atoms with E-state index in [2.05, 4.69) is 10.2 Å². The first-order valence-corrected chi connectivity index (χ1v) is 25.0. The standard InChI is InChI=1S/C46H50ClF3N4O7S3/c1-2-53(28-29-55)25-24-36(31-62-38-8-4-3-5-9-38)51-42-21-20-39(30-43(42)63(58,59)46(48,49)50)64(60,61)52-45(57)34-14-18-37(19-15-34)54-26-22-33(23-27-54)44(56)41-11-7-6-10-40(41)32-12-16-35(47)17-13-32/h3-21,30,33,36,44,51,55-56H,2,22-29,31H2,1H3,(H,52,57)/t36-,44-/m0/s1. The monoisotopic (exact) mass is 958 g/mol. The summed E-state index contributed by atoms with van der Waals surface area (Å²) in [5.74, 6) is -0.786. The average Bonchev–Trinajstić information content (AvgIpc) is 3.29. The van der Waals surface area contributed by atoms with E-state index >= 15 is 0 Å². The van der Waals surface area contributed by atoms with Crippen molar-refractivity contribution in [3.8, 4) is 11.1 Å². The number of carbonyl (C=O) groups excluding carboxylic acids is 1. The molecule has 0 aliphatic carbocycles. The number of halogens is 4. The van der Waals surface area contributed by atoms with Crippen LogP contribution in [-0.2, 0) is 19.9 Å². The van der Waals surface area contributed by atoms with Crippen LogP contribution in [0.2, 0.25) is 5.02 Å². The third kappa shape index (κ3) is 12.2. The SMILES string of the molecule is CCN(CCO)CC[C@@H](CSc1ccccc1)Nc1ccc(S(=O)(=O)NC(=O)c2ccc(N3CCC([C@H](O)c4ccccc4-c4ccc(Cl)cc4)CC3)cc2)cc1S(=O)(=O)C(F)(F)F. The van der Waals surface area contributed by atoms with Crippen molar-refractivity contribution in [2.45, 2.75) is 58.5 Å². The predicted octanol–water partition coefficient (Wildman–Crippen LogP) is 8.65. The number of thioether (sulfide) groups is 1. The van der Waals surface area contributed by atoms with Crippen molar-refractivity contribution in [3.63, 3.8) is 0 Å². The van der Waals surface area contributed by atoms with Crippen LogP contribution in [0.5, 0.6) is 0 Å². The van der Waals surface area contributed by atoms with E-state index in [4.69, 9.17) is 11.6 Å². The van der Waals surface area contributed by atoms with E-state index in [1.165, 1.54) is 23.9 Å². The number of nitrogens with zero attached hydrogens (tertiary/aromatic N) is 2. The lowest BCUT2D eigenvalue weighted by atomic mass is 9.84. The quantitative estimate of drug-likeness (QED) is 0.0588. The summed E-state index contributed by atoms with van der Waals surface area (Å²) < 4.78 is 97.4. The van der Waals surface area contributed by atoms with Gasteiger partial charge in [0.25, 0.3) is 25.8 Å². The molecule has 1 heterocycles. The van der Waals surface area contributed by atoms with Gasteiger partial charge in [-0.1, -0.05) is 73.1 Å². The van der Waals surface area contributed by atoms with E-state index in [1.54, 1.807) is 12.1 Å². The van der Waals surface area contributed by atoms with Crippen molar-refractivity contribution in [2.24, 2.45) is 5.92 Å². The van der Waals surface area contributed by atoms with E-state index in [0.717, 1.165) is 39.4 Å². The summed E-state index contributed by atoms with van der Waals surface area (Å²) >= 11 is 7.49. The first-order valence-electron chi connectivity index (χ1n) is 20.7. The summed E-state index contributed by atoms with van der Waals surface area (Å²) in [5.41, 5.74) is -2.83. The second-order valence-corrected chi connectivity index (χ2v) is 20.5. The molecule has 5 aromatic carbocycles. The Morgan fingerprint density at radius 1 is 0.891 bits per heavy atom. The molecule has 6 rings (SSSR count). The molecule has 0 saturated carbocycles. The summed E-state index contributed by atoms with van der Waals surface area (Å²) in [6, 6.07) is 32.2. The number of aliphatic hydroxyl groups is 2. The maximum absolute atomic E-state index is 14.1. The summed E-state index contributed by atoms with van der Waals surface area (Å²) in [7, 11) is -11.0. The number of piperidine rings is 1. The van der Waals surface area contributed by atoms with Crippen LogP contribution >= 0.6 is 23.4 Å². The number of hydrogen-bond donors (Lipinski definition) is 4. The van der Waals surface area contributed by atoms with Gasteiger partial charge in [-0.05, 0) is 115 Å². The molecule has 1 aliphatic heterocycles. The fourth-order valence-corrected chi connectivity index (χ4v) is 10.8. The zero-order valence-corrected chi connectivity index (χ0v) is 38.1. The molecular formula is C46H50ClF3N4O7S3. The maximum Gasteiger partial charge on any atom is 0.501 e. The van der Waals surface area contributed by atoms with Gasteiger partial charge in [-0.3, -0.25) is 4.79 Å². The second-order valence-electron chi connectivity index (χ2n) is 15.4. The third-order valence-corrected chi connectivity index (χ3v) is 15.5. The van der Waals surface area contributed by atoms with Gasteiger partial charge in [-0.15, -0.1) is 11.8 Å². The average molecular weight is 960 g/mol. The van der Waals surface area contributed by atoms with Crippen LogP contribution in [0, 0.1) is 5.92 Å². The number of amides is 1. The van der Waals surface area contributed by atoms with Gasteiger partial charge in [0, 0.05) is 59.1 Å². The summed E-state index contributed by atoms with van der Waals surface area (Å²) in [6.07, 6.45) is 0.981. The third-order valence-electron chi connectivity index (χ3n) is 11.2. The van der Waals surface area contributed by atoms with Gasteiger partial charge in [0.2, 0.25) is 0 Å². The number of anilines is 2. The lowest BCUT2D eigenvalue weighted by molar-refractivity contribution is -0.0435. The van der Waals surface area contributed by atoms with Crippen LogP contribution < -0.4 is 14.9 Å². The predicted molar refractivity (Wildman–Crippen MR) is 246 cm³/mol. The minimum absolute atomic E-state index is 0.0225. The number of rotatable bonds is 19. The molecule has 1 fully saturated rings. The van der Waals surface area contributed by atoms with Crippen molar-refractivity contribution < 1.29 is 45.0 Å². The molecule has 2 atom stereocenters. The minimum atomic E-state index is -6.09. The Bertz CT molecular complexity index is 2560. The molecular weight excluding hydrogens is 909 g/mol. The number of benzene rings is 5. The highest BCUT2D eigenvalue weighted by Crippen LogP contribution is 2.39. The van der Waals surface area contributed by atoms with E-state index in [9.17, 15) is 45.0 Å². The second kappa shape index (κ2) is 21.6. The molecule has 4 N–H and O–H groups in total. The van der Waals surface area contributed by atoms with Crippen LogP contribution in [0.1, 0.15) is 48.2 Å². The highest BCUT2D eigenvalue weighted by molar-refractivity contribution is 7.99. The zero-order valence-electron chi connectivity index (χ0n) is 34.9. The zero-order chi connectivity index (χ0) is 46.1. The molecule has 0 spiro atoms. The van der Waals surface area contributed by atoms with Gasteiger partial charge in [0.15, 0.2) is 0 Å². The van der Waals surface area contributed by atoms with Crippen molar-refractivity contribution in [2.75, 3.05) is 55.3 Å². The number of sulfonamides is 1. The van der Waals surface area contributed by atoms with Crippen LogP contribution in [0.3, 0.4) is 0 Å². The highest BCUT2D eigenvalue weighted by Gasteiger charge is 2.48. The van der Waals surface area contributed by atoms with Gasteiger partial charge in [0.05, 0.1) is 23.3 Å². The summed E-state index contributed by atoms with van der Waals surface area (Å²) in [5, 5.41) is 24.5. The molecule has 5 aromatic rings. The first-order chi connectivity index (χ1) is 30.5. The molecule has 0 bridgehead atoms. The number of aliphatic hydroxyl groups excluding tert-OH is 2. The Balaban J connectivity index is 1.14. The first kappa shape index (κ1) is 48.8. The fraction of sp³-hybridized carbons (Fsp3) is 0.326. The van der Waals surface area contributed by atoms with Gasteiger partial charge < -0.3 is 25.3 Å². The molecule has 0 unspecified atom stereocenters. The molecule has 64 heavy (non-hydrogen) atoms. The van der Waals surface area contributed by atoms with E-state index < -0.39 is 58.9 Å². The molecule has 18 heteroatoms. The van der Waals surface area contributed by atoms with Gasteiger partial charge >= 0.3 is 5.51 Å². The van der Waals surface area contributed by atoms with E-state index in [0.29, 0.717) is 68.8 Å². The van der Waals surface area contributed by atoms with Crippen molar-refractivity contribution in [1.29, 1.82) is 0 Å². The molecule has 1 aliphatic rings. The number of likely N-dealkylation sites (N-methyl/N-ethyl adjacent to an activating group) is 1. The lowest BCUT2D eigenvalue weighted by Crippen LogP contribution is -2.36. The van der Waals surface area contributed by atoms with Gasteiger partial charge in [0.1, 0.15) is 4.90 Å². The molecule has 1 saturated heterocycles. The Morgan fingerprint density at radius 3 is 2.19 bits per heavy atom. The van der Waals surface area contributed by atoms with Crippen LogP contribution in [0.15, 0.2) is 136 Å². The van der Waals surface area contributed by atoms with Crippen LogP contribution in [-0.4, -0.2) is 94.5 Å². The summed E-state index contributed by atoms with van der Waals surface area (Å²) in [6.45, 7) is 4.37. The van der Waals surface area contributed by atoms with E-state index in [-0.39, 0.29) is 18.1 Å². The number of carbonyl (C=O) groups is 1. The fourth-order valence-electron chi connectivity index (χ4n) is 7.61. The van der Waals surface area contributed by atoms with Crippen molar-refractivity contribution in [3.05, 3.63) is 137 Å². The lowest BCUT2D eigenvalue weighted by Gasteiger charge is -2.36. The highest BCUT2D eigenvalue weighted by atomic mass is 35.5. The molecule has 342 valence electrons. The van der Waals surface area contributed by atoms with Crippen molar-refractivity contribution >= 4 is 60.5 Å². The number of alkyl halides is 3. The Hall–Kier alpha value is -4.62. The van der Waals surface area contributed by atoms with Crippen LogP contribution in [0.4, 0.5) is 24.5 Å². The Morgan fingerprint density at radius 2 is 1.55 bits per heavy atom. The molecule has 1 amide bonds. The van der Waals surface area contributed by atoms with Crippen LogP contribution in [0.25, 0.3) is 11.1 Å². The number of hydrogen-bond acceptors (Lipinski definition) is 11. The van der Waals surface area contributed by atoms with Gasteiger partial charge in [-0.25, -0.2) is 21.6 Å². The Labute approximate surface area is 381 Å². The minimum Gasteiger partial charge on any atom is -0.395 e. The number of sulfone groups is 1. The molecule has 11 nitrogen and oxygen atoms in total. The topological polar surface area (TPSA) is 156 Å².